The van der Waals surface area contributed by atoms with Crippen LogP contribution in [0.25, 0.3) is 0 Å². The number of ketones is 1. The predicted octanol–water partition coefficient (Wildman–Crippen LogP) is 7.00. The van der Waals surface area contributed by atoms with Crippen LogP contribution in [0.5, 0.6) is 0 Å². The number of carbonyl (C=O) groups is 7. The maximum absolute atomic E-state index is 16.2. The summed E-state index contributed by atoms with van der Waals surface area (Å²) in [6.45, 7) is 9.52. The number of rotatable bonds is 12. The SMILES string of the molecule is CC(=O)O[C@@]12CO[C@@H]1C[C@H](OC(=O)OCC(Cl)(Cl)Cl)[C@@]1(C)C(=O)[C@H](OC(=O)OCC(Cl)(Cl)Cl)C3=C(C)[C@@H](OC(=O)[C@H](O)[C@@H](NC(=O)C4CC4)C(C)(C)C)C[C@@](O)([C@@H](OC(=O)c4ccccc4)[C@H]21)C3(C)C. The van der Waals surface area contributed by atoms with Crippen molar-refractivity contribution in [2.24, 2.45) is 28.1 Å². The molecule has 5 aliphatic rings. The van der Waals surface area contributed by atoms with Crippen molar-refractivity contribution >= 4 is 112 Å². The largest absolute Gasteiger partial charge is 0.509 e. The van der Waals surface area contributed by atoms with Crippen molar-refractivity contribution in [3.63, 3.8) is 0 Å². The molecule has 0 spiro atoms. The summed E-state index contributed by atoms with van der Waals surface area (Å²) >= 11 is 35.3. The van der Waals surface area contributed by atoms with Crippen LogP contribution in [0.1, 0.15) is 91.4 Å². The number of aliphatic hydroxyl groups excluding tert-OH is 1. The highest BCUT2D eigenvalue weighted by Crippen LogP contribution is 2.65. The van der Waals surface area contributed by atoms with E-state index in [0.717, 1.165) is 6.92 Å². The molecule has 1 amide bonds. The molecule has 1 saturated heterocycles. The summed E-state index contributed by atoms with van der Waals surface area (Å²) < 4.78 is 42.4. The van der Waals surface area contributed by atoms with Crippen molar-refractivity contribution in [2.45, 2.75) is 143 Å². The summed E-state index contributed by atoms with van der Waals surface area (Å²) in [6.07, 6.45) is -13.8. The molecule has 0 radical (unpaired) electrons. The summed E-state index contributed by atoms with van der Waals surface area (Å²) in [7, 11) is 0. The first kappa shape index (κ1) is 56.0. The molecule has 0 unspecified atom stereocenters. The average molecular weight is 1110 g/mol. The molecule has 70 heavy (non-hydrogen) atoms. The molecule has 3 saturated carbocycles. The van der Waals surface area contributed by atoms with Crippen molar-refractivity contribution in [3.8, 4) is 0 Å². The van der Waals surface area contributed by atoms with Gasteiger partial charge in [0.25, 0.3) is 0 Å². The van der Waals surface area contributed by atoms with Crippen molar-refractivity contribution in [1.82, 2.24) is 5.32 Å². The van der Waals surface area contributed by atoms with E-state index in [1.54, 1.807) is 26.8 Å². The number of ether oxygens (including phenoxy) is 8. The standard InChI is InChI=1S/C46H55Cl6NO17/c1-21-25(66-37(59)29(55)32(40(3,4)5)53-35(57)23-14-15-23)17-44(62)34(69-36(58)24-12-10-9-11-13-24)31-42(8,33(56)30(28(21)41(44,6)7)68-39(61)65-20-46(50,51)52)26(67-38(60)64-19-45(47,48)49)16-27-43(31,18-63-27)70-22(2)54/h9-13,23,25-27,29-32,34,55,62H,14-20H2,1-8H3,(H,53,57)/t25-,26-,27+,29+,30+,31-,32+,34-,42+,43-,44+/m0/s1. The Kier molecular flexibility index (Phi) is 16.1. The molecule has 1 heterocycles. The number of carbonyl (C=O) groups excluding carboxylic acids is 7. The van der Waals surface area contributed by atoms with Crippen LogP contribution >= 0.6 is 69.6 Å². The van der Waals surface area contributed by atoms with E-state index in [0.29, 0.717) is 12.8 Å². The van der Waals surface area contributed by atoms with Gasteiger partial charge in [-0.1, -0.05) is 122 Å². The molecule has 18 nitrogen and oxygen atoms in total. The van der Waals surface area contributed by atoms with Crippen molar-refractivity contribution in [1.29, 1.82) is 0 Å². The second-order valence-electron chi connectivity index (χ2n) is 20.2. The lowest BCUT2D eigenvalue weighted by molar-refractivity contribution is -0.346. The van der Waals surface area contributed by atoms with Gasteiger partial charge in [0.2, 0.25) is 13.5 Å². The first-order valence-corrected chi connectivity index (χ1v) is 24.5. The van der Waals surface area contributed by atoms with Gasteiger partial charge < -0.3 is 53.4 Å². The molecule has 2 bridgehead atoms. The van der Waals surface area contributed by atoms with E-state index in [1.807, 2.05) is 0 Å². The fourth-order valence-electron chi connectivity index (χ4n) is 10.3. The highest BCUT2D eigenvalue weighted by Gasteiger charge is 2.79. The fourth-order valence-corrected chi connectivity index (χ4v) is 10.6. The number of Topliss-reactive ketones (excluding diaryl/α,β-unsaturated/α-hetero) is 1. The minimum Gasteiger partial charge on any atom is -0.456 e. The molecule has 3 N–H and O–H groups in total. The molecule has 4 fully saturated rings. The normalized spacial score (nSPS) is 31.3. The molecule has 1 aliphatic heterocycles. The van der Waals surface area contributed by atoms with Crippen LogP contribution in [0.15, 0.2) is 41.5 Å². The molecule has 24 heteroatoms. The molecular formula is C46H55Cl6NO17. The first-order valence-electron chi connectivity index (χ1n) is 22.2. The van der Waals surface area contributed by atoms with Crippen molar-refractivity contribution in [2.75, 3.05) is 19.8 Å². The number of aliphatic hydroxyl groups is 2. The number of benzene rings is 1. The Labute approximate surface area is 433 Å². The third-order valence-electron chi connectivity index (χ3n) is 14.0. The summed E-state index contributed by atoms with van der Waals surface area (Å²) in [5, 5.41) is 28.4. The molecule has 4 aliphatic carbocycles. The van der Waals surface area contributed by atoms with Crippen molar-refractivity contribution in [3.05, 3.63) is 47.0 Å². The highest BCUT2D eigenvalue weighted by atomic mass is 35.6. The lowest BCUT2D eigenvalue weighted by atomic mass is 9.44. The van der Waals surface area contributed by atoms with Gasteiger partial charge in [0, 0.05) is 31.1 Å². The third kappa shape index (κ3) is 11.2. The quantitative estimate of drug-likeness (QED) is 0.0825. The van der Waals surface area contributed by atoms with Gasteiger partial charge in [-0.15, -0.1) is 0 Å². The number of amides is 1. The van der Waals surface area contributed by atoms with Gasteiger partial charge in [0.1, 0.15) is 43.2 Å². The molecule has 0 aromatic heterocycles. The number of halogens is 6. The Morgan fingerprint density at radius 2 is 1.44 bits per heavy atom. The van der Waals surface area contributed by atoms with E-state index in [9.17, 15) is 39.0 Å². The fraction of sp³-hybridized carbons (Fsp3) is 0.674. The topological polar surface area (TPSA) is 246 Å². The third-order valence-corrected chi connectivity index (χ3v) is 14.7. The maximum atomic E-state index is 16.2. The summed E-state index contributed by atoms with van der Waals surface area (Å²) in [5.41, 5.74) is -10.1. The van der Waals surface area contributed by atoms with Crippen LogP contribution in [-0.2, 0) is 57.1 Å². The maximum Gasteiger partial charge on any atom is 0.509 e. The number of nitrogens with one attached hydrogen (secondary N) is 1. The van der Waals surface area contributed by atoms with Crippen LogP contribution < -0.4 is 5.32 Å². The first-order chi connectivity index (χ1) is 32.2. The summed E-state index contributed by atoms with van der Waals surface area (Å²) in [4.78, 5) is 98.8. The van der Waals surface area contributed by atoms with Crippen LogP contribution in [0, 0.1) is 28.1 Å². The number of hydrogen-bond acceptors (Lipinski definition) is 17. The number of alkyl halides is 6. The Morgan fingerprint density at radius 3 is 1.94 bits per heavy atom. The Balaban J connectivity index is 1.61. The Hall–Kier alpha value is -3.33. The lowest BCUT2D eigenvalue weighted by Crippen LogP contribution is -2.82. The Morgan fingerprint density at radius 1 is 0.871 bits per heavy atom. The van der Waals surface area contributed by atoms with E-state index in [1.165, 1.54) is 52.0 Å². The molecule has 11 atom stereocenters. The molecule has 1 aromatic carbocycles. The van der Waals surface area contributed by atoms with Crippen LogP contribution in [0.2, 0.25) is 0 Å². The second-order valence-corrected chi connectivity index (χ2v) is 25.2. The van der Waals surface area contributed by atoms with Crippen LogP contribution in [0.3, 0.4) is 0 Å². The van der Waals surface area contributed by atoms with E-state index >= 15 is 4.79 Å². The monoisotopic (exact) mass is 1100 g/mol. The minimum absolute atomic E-state index is 0.00202. The molecular weight excluding hydrogens is 1050 g/mol. The summed E-state index contributed by atoms with van der Waals surface area (Å²) in [5.74, 6) is -6.84. The van der Waals surface area contributed by atoms with Gasteiger partial charge in [-0.25, -0.2) is 19.2 Å². The zero-order valence-electron chi connectivity index (χ0n) is 39.3. The van der Waals surface area contributed by atoms with E-state index in [2.05, 4.69) is 5.32 Å². The molecule has 1 aromatic rings. The van der Waals surface area contributed by atoms with E-state index in [4.69, 9.17) is 108 Å². The van der Waals surface area contributed by atoms with Gasteiger partial charge in [-0.2, -0.15) is 0 Å². The number of esters is 3. The number of fused-ring (bicyclic) bond motifs is 5. The average Bonchev–Trinajstić information content (AvgIpc) is 4.10. The zero-order chi connectivity index (χ0) is 52.3. The minimum atomic E-state index is -2.60. The van der Waals surface area contributed by atoms with Crippen molar-refractivity contribution < 1.29 is 81.7 Å². The molecule has 388 valence electrons. The van der Waals surface area contributed by atoms with E-state index in [-0.39, 0.29) is 28.5 Å². The van der Waals surface area contributed by atoms with E-state index < -0.39 is 152 Å². The number of hydrogen-bond donors (Lipinski definition) is 3. The van der Waals surface area contributed by atoms with Gasteiger partial charge in [-0.3, -0.25) is 14.4 Å². The summed E-state index contributed by atoms with van der Waals surface area (Å²) in [6, 6.07) is 6.34. The Bertz CT molecular complexity index is 2270. The van der Waals surface area contributed by atoms with Gasteiger partial charge in [-0.05, 0) is 55.4 Å². The van der Waals surface area contributed by atoms with Gasteiger partial charge >= 0.3 is 30.2 Å². The van der Waals surface area contributed by atoms with Gasteiger partial charge in [0.05, 0.1) is 29.5 Å². The predicted molar refractivity (Wildman–Crippen MR) is 250 cm³/mol. The highest BCUT2D eigenvalue weighted by molar-refractivity contribution is 6.68. The van der Waals surface area contributed by atoms with Gasteiger partial charge in [0.15, 0.2) is 23.6 Å². The lowest BCUT2D eigenvalue weighted by Gasteiger charge is -2.67. The van der Waals surface area contributed by atoms with Crippen LogP contribution in [0.4, 0.5) is 9.59 Å². The molecule has 6 rings (SSSR count). The smallest absolute Gasteiger partial charge is 0.456 e. The van der Waals surface area contributed by atoms with Crippen LogP contribution in [-0.4, -0.2) is 133 Å². The zero-order valence-corrected chi connectivity index (χ0v) is 43.9. The second kappa shape index (κ2) is 20.2.